The van der Waals surface area contributed by atoms with E-state index in [1.165, 1.54) is 17.5 Å². The highest BCUT2D eigenvalue weighted by atomic mass is 16.5. The van der Waals surface area contributed by atoms with Gasteiger partial charge >= 0.3 is 0 Å². The Balaban J connectivity index is 1.27. The molecule has 2 heteroatoms. The third-order valence-corrected chi connectivity index (χ3v) is 4.09. The lowest BCUT2D eigenvalue weighted by Crippen LogP contribution is -2.17. The molecule has 0 amide bonds. The van der Waals surface area contributed by atoms with Crippen LogP contribution in [0.15, 0.2) is 60.7 Å². The fourth-order valence-corrected chi connectivity index (χ4v) is 2.66. The Morgan fingerprint density at radius 2 is 1.52 bits per heavy atom. The monoisotopic (exact) mass is 281 g/mol. The van der Waals surface area contributed by atoms with Gasteiger partial charge in [-0.1, -0.05) is 60.7 Å². The first-order chi connectivity index (χ1) is 10.4. The summed E-state index contributed by atoms with van der Waals surface area (Å²) in [5.41, 5.74) is 2.62. The molecule has 3 rings (SSSR count). The molecule has 1 saturated carbocycles. The van der Waals surface area contributed by atoms with Crippen LogP contribution in [0.3, 0.4) is 0 Å². The van der Waals surface area contributed by atoms with E-state index in [0.29, 0.717) is 0 Å². The van der Waals surface area contributed by atoms with E-state index in [4.69, 9.17) is 4.74 Å². The Hall–Kier alpha value is -1.64. The van der Waals surface area contributed by atoms with Gasteiger partial charge in [-0.05, 0) is 35.9 Å². The highest BCUT2D eigenvalue weighted by Gasteiger charge is 2.36. The normalized spacial score (nSPS) is 20.4. The van der Waals surface area contributed by atoms with Gasteiger partial charge in [-0.3, -0.25) is 0 Å². The second-order valence-electron chi connectivity index (χ2n) is 5.87. The summed E-state index contributed by atoms with van der Waals surface area (Å²) in [4.78, 5) is 0. The van der Waals surface area contributed by atoms with Gasteiger partial charge in [-0.2, -0.15) is 0 Å². The molecule has 2 atom stereocenters. The van der Waals surface area contributed by atoms with Gasteiger partial charge in [0, 0.05) is 6.54 Å². The number of nitrogens with one attached hydrogen (secondary N) is 1. The highest BCUT2D eigenvalue weighted by molar-refractivity contribution is 5.14. The van der Waals surface area contributed by atoms with Crippen molar-refractivity contribution in [3.63, 3.8) is 0 Å². The molecule has 2 aromatic carbocycles. The molecule has 0 aliphatic heterocycles. The van der Waals surface area contributed by atoms with Crippen LogP contribution in [-0.4, -0.2) is 13.2 Å². The maximum absolute atomic E-state index is 5.81. The summed E-state index contributed by atoms with van der Waals surface area (Å²) in [6, 6.07) is 21.0. The predicted octanol–water partition coefficient (Wildman–Crippen LogP) is 3.63. The molecule has 1 fully saturated rings. The lowest BCUT2D eigenvalue weighted by atomic mass is 10.2. The van der Waals surface area contributed by atoms with E-state index in [2.05, 4.69) is 59.9 Å². The first kappa shape index (κ1) is 14.3. The van der Waals surface area contributed by atoms with Crippen molar-refractivity contribution in [3.8, 4) is 0 Å². The second kappa shape index (κ2) is 7.39. The zero-order valence-corrected chi connectivity index (χ0v) is 12.4. The summed E-state index contributed by atoms with van der Waals surface area (Å²) in [6.45, 7) is 3.71. The quantitative estimate of drug-likeness (QED) is 0.798. The predicted molar refractivity (Wildman–Crippen MR) is 85.8 cm³/mol. The zero-order chi connectivity index (χ0) is 14.3. The summed E-state index contributed by atoms with van der Waals surface area (Å²) < 4.78 is 5.81. The topological polar surface area (TPSA) is 21.3 Å². The molecule has 0 saturated heterocycles. The number of benzene rings is 2. The van der Waals surface area contributed by atoms with Crippen LogP contribution >= 0.6 is 0 Å². The summed E-state index contributed by atoms with van der Waals surface area (Å²) in [5, 5.41) is 3.55. The zero-order valence-electron chi connectivity index (χ0n) is 12.4. The summed E-state index contributed by atoms with van der Waals surface area (Å²) in [7, 11) is 0. The molecule has 0 spiro atoms. The van der Waals surface area contributed by atoms with Crippen LogP contribution in [0, 0.1) is 11.8 Å². The van der Waals surface area contributed by atoms with Crippen LogP contribution in [0.2, 0.25) is 0 Å². The van der Waals surface area contributed by atoms with E-state index in [-0.39, 0.29) is 0 Å². The maximum Gasteiger partial charge on any atom is 0.0717 e. The maximum atomic E-state index is 5.81. The van der Waals surface area contributed by atoms with E-state index >= 15 is 0 Å². The van der Waals surface area contributed by atoms with Gasteiger partial charge in [0.1, 0.15) is 0 Å². The molecule has 0 heterocycles. The van der Waals surface area contributed by atoms with E-state index in [0.717, 1.165) is 38.1 Å². The summed E-state index contributed by atoms with van der Waals surface area (Å²) in [6.07, 6.45) is 1.30. The Labute approximate surface area is 127 Å². The standard InChI is InChI=1S/C19H23NO/c1-3-7-16(8-4-1)12-20-13-18-11-19(18)15-21-14-17-9-5-2-6-10-17/h1-10,18-20H,11-15H2. The molecule has 1 aliphatic carbocycles. The molecule has 110 valence electrons. The van der Waals surface area contributed by atoms with Crippen molar-refractivity contribution in [1.82, 2.24) is 5.32 Å². The van der Waals surface area contributed by atoms with E-state index in [1.54, 1.807) is 0 Å². The molecule has 0 radical (unpaired) electrons. The fourth-order valence-electron chi connectivity index (χ4n) is 2.66. The average Bonchev–Trinajstić information content (AvgIpc) is 3.28. The van der Waals surface area contributed by atoms with Gasteiger partial charge in [0.2, 0.25) is 0 Å². The molecular weight excluding hydrogens is 258 g/mol. The van der Waals surface area contributed by atoms with Crippen LogP contribution in [0.4, 0.5) is 0 Å². The van der Waals surface area contributed by atoms with Crippen LogP contribution < -0.4 is 5.32 Å². The Bertz CT molecular complexity index is 476. The minimum Gasteiger partial charge on any atom is -0.376 e. The third kappa shape index (κ3) is 4.69. The van der Waals surface area contributed by atoms with Crippen molar-refractivity contribution in [2.75, 3.05) is 13.2 Å². The molecule has 1 N–H and O–H groups in total. The van der Waals surface area contributed by atoms with Crippen molar-refractivity contribution in [1.29, 1.82) is 0 Å². The van der Waals surface area contributed by atoms with Crippen molar-refractivity contribution in [3.05, 3.63) is 71.8 Å². The fraction of sp³-hybridized carbons (Fsp3) is 0.368. The highest BCUT2D eigenvalue weighted by Crippen LogP contribution is 2.38. The van der Waals surface area contributed by atoms with Crippen LogP contribution in [0.25, 0.3) is 0 Å². The number of rotatable bonds is 8. The van der Waals surface area contributed by atoms with Gasteiger partial charge < -0.3 is 10.1 Å². The van der Waals surface area contributed by atoms with Gasteiger partial charge in [-0.25, -0.2) is 0 Å². The molecule has 21 heavy (non-hydrogen) atoms. The molecule has 0 bridgehead atoms. The average molecular weight is 281 g/mol. The van der Waals surface area contributed by atoms with Crippen LogP contribution in [0.5, 0.6) is 0 Å². The third-order valence-electron chi connectivity index (χ3n) is 4.09. The number of hydrogen-bond acceptors (Lipinski definition) is 2. The SMILES string of the molecule is c1ccc(CNCC2CC2COCc2ccccc2)cc1. The summed E-state index contributed by atoms with van der Waals surface area (Å²) in [5.74, 6) is 1.54. The van der Waals surface area contributed by atoms with Crippen molar-refractivity contribution in [2.24, 2.45) is 11.8 Å². The molecule has 0 aromatic heterocycles. The van der Waals surface area contributed by atoms with Crippen LogP contribution in [0.1, 0.15) is 17.5 Å². The number of hydrogen-bond donors (Lipinski definition) is 1. The first-order valence-corrected chi connectivity index (χ1v) is 7.78. The van der Waals surface area contributed by atoms with Crippen LogP contribution in [-0.2, 0) is 17.9 Å². The molecule has 2 nitrogen and oxygen atoms in total. The van der Waals surface area contributed by atoms with E-state index in [1.807, 2.05) is 6.07 Å². The van der Waals surface area contributed by atoms with Gasteiger partial charge in [0.15, 0.2) is 0 Å². The van der Waals surface area contributed by atoms with Crippen molar-refractivity contribution >= 4 is 0 Å². The Morgan fingerprint density at radius 3 is 2.24 bits per heavy atom. The molecule has 2 unspecified atom stereocenters. The molecule has 1 aliphatic rings. The second-order valence-corrected chi connectivity index (χ2v) is 5.87. The first-order valence-electron chi connectivity index (χ1n) is 7.78. The smallest absolute Gasteiger partial charge is 0.0717 e. The Morgan fingerprint density at radius 1 is 0.857 bits per heavy atom. The van der Waals surface area contributed by atoms with Gasteiger partial charge in [-0.15, -0.1) is 0 Å². The lowest BCUT2D eigenvalue weighted by molar-refractivity contribution is 0.108. The van der Waals surface area contributed by atoms with Gasteiger partial charge in [0.25, 0.3) is 0 Å². The minimum atomic E-state index is 0.738. The molecule has 2 aromatic rings. The van der Waals surface area contributed by atoms with Crippen molar-refractivity contribution in [2.45, 2.75) is 19.6 Å². The van der Waals surface area contributed by atoms with E-state index < -0.39 is 0 Å². The lowest BCUT2D eigenvalue weighted by Gasteiger charge is -2.06. The molecular formula is C19H23NO. The largest absolute Gasteiger partial charge is 0.376 e. The van der Waals surface area contributed by atoms with Crippen molar-refractivity contribution < 1.29 is 4.74 Å². The number of ether oxygens (including phenoxy) is 1. The minimum absolute atomic E-state index is 0.738. The summed E-state index contributed by atoms with van der Waals surface area (Å²) >= 11 is 0. The Kier molecular flexibility index (Phi) is 5.03. The van der Waals surface area contributed by atoms with Gasteiger partial charge in [0.05, 0.1) is 13.2 Å². The van der Waals surface area contributed by atoms with E-state index in [9.17, 15) is 0 Å².